The Balaban J connectivity index is 2.10. The predicted molar refractivity (Wildman–Crippen MR) is 67.2 cm³/mol. The molecule has 1 aliphatic rings. The highest BCUT2D eigenvalue weighted by molar-refractivity contribution is 5.45. The highest BCUT2D eigenvalue weighted by atomic mass is 16.5. The second kappa shape index (κ2) is 5.46. The van der Waals surface area contributed by atoms with Gasteiger partial charge >= 0.3 is 0 Å². The maximum absolute atomic E-state index is 9.84. The highest BCUT2D eigenvalue weighted by Crippen LogP contribution is 2.32. The summed E-state index contributed by atoms with van der Waals surface area (Å²) in [4.78, 5) is 0. The molecule has 3 atom stereocenters. The summed E-state index contributed by atoms with van der Waals surface area (Å²) in [7, 11) is 3.15. The van der Waals surface area contributed by atoms with E-state index in [4.69, 9.17) is 19.9 Å². The van der Waals surface area contributed by atoms with Crippen LogP contribution in [0.15, 0.2) is 18.2 Å². The summed E-state index contributed by atoms with van der Waals surface area (Å²) in [5.74, 6) is 1.89. The third-order valence-electron chi connectivity index (χ3n) is 3.25. The van der Waals surface area contributed by atoms with Crippen LogP contribution in [0.25, 0.3) is 0 Å². The van der Waals surface area contributed by atoms with E-state index in [-0.39, 0.29) is 12.1 Å². The molecule has 100 valence electrons. The van der Waals surface area contributed by atoms with Crippen LogP contribution >= 0.6 is 0 Å². The van der Waals surface area contributed by atoms with Gasteiger partial charge in [-0.25, -0.2) is 0 Å². The lowest BCUT2D eigenvalue weighted by Gasteiger charge is -2.19. The Hall–Kier alpha value is -1.46. The van der Waals surface area contributed by atoms with Crippen LogP contribution in [0.3, 0.4) is 0 Å². The maximum Gasteiger partial charge on any atom is 0.164 e. The fourth-order valence-corrected chi connectivity index (χ4v) is 2.17. The minimum absolute atomic E-state index is 0.199. The Bertz CT molecular complexity index is 410. The van der Waals surface area contributed by atoms with Crippen molar-refractivity contribution in [3.05, 3.63) is 18.2 Å². The van der Waals surface area contributed by atoms with Crippen molar-refractivity contribution in [2.45, 2.75) is 31.1 Å². The number of benzene rings is 1. The highest BCUT2D eigenvalue weighted by Gasteiger charge is 2.33. The van der Waals surface area contributed by atoms with Gasteiger partial charge in [-0.1, -0.05) is 0 Å². The van der Waals surface area contributed by atoms with E-state index in [1.165, 1.54) is 0 Å². The van der Waals surface area contributed by atoms with Crippen molar-refractivity contribution in [1.82, 2.24) is 0 Å². The first-order valence-electron chi connectivity index (χ1n) is 5.98. The first-order valence-corrected chi connectivity index (χ1v) is 5.98. The fourth-order valence-electron chi connectivity index (χ4n) is 2.17. The van der Waals surface area contributed by atoms with Crippen LogP contribution in [0, 0.1) is 0 Å². The Morgan fingerprint density at radius 2 is 1.89 bits per heavy atom. The van der Waals surface area contributed by atoms with Crippen LogP contribution in [0.2, 0.25) is 0 Å². The van der Waals surface area contributed by atoms with Crippen molar-refractivity contribution >= 4 is 0 Å². The van der Waals surface area contributed by atoms with E-state index in [0.717, 1.165) is 12.8 Å². The van der Waals surface area contributed by atoms with Crippen LogP contribution < -0.4 is 19.9 Å². The summed E-state index contributed by atoms with van der Waals surface area (Å²) in [6.07, 6.45) is 0.673. The lowest BCUT2D eigenvalue weighted by Crippen LogP contribution is -2.37. The zero-order valence-electron chi connectivity index (χ0n) is 10.6. The monoisotopic (exact) mass is 253 g/mol. The van der Waals surface area contributed by atoms with Gasteiger partial charge in [0.1, 0.15) is 18.0 Å². The van der Waals surface area contributed by atoms with Gasteiger partial charge in [0, 0.05) is 12.1 Å². The molecule has 3 N–H and O–H groups in total. The minimum Gasteiger partial charge on any atom is -0.493 e. The smallest absolute Gasteiger partial charge is 0.164 e. The van der Waals surface area contributed by atoms with Gasteiger partial charge in [-0.05, 0) is 25.0 Å². The second-order valence-electron chi connectivity index (χ2n) is 4.40. The van der Waals surface area contributed by atoms with E-state index in [1.54, 1.807) is 32.4 Å². The Morgan fingerprint density at radius 1 is 1.17 bits per heavy atom. The molecule has 0 amide bonds. The predicted octanol–water partition coefficient (Wildman–Crippen LogP) is 0.933. The van der Waals surface area contributed by atoms with Gasteiger partial charge in [0.2, 0.25) is 0 Å². The number of aliphatic hydroxyl groups excluding tert-OH is 1. The van der Waals surface area contributed by atoms with E-state index in [1.807, 2.05) is 0 Å². The molecule has 1 aromatic rings. The van der Waals surface area contributed by atoms with E-state index in [2.05, 4.69) is 0 Å². The Labute approximate surface area is 106 Å². The summed E-state index contributed by atoms with van der Waals surface area (Å²) >= 11 is 0. The Kier molecular flexibility index (Phi) is 3.93. The third-order valence-corrected chi connectivity index (χ3v) is 3.25. The molecule has 2 rings (SSSR count). The van der Waals surface area contributed by atoms with Gasteiger partial charge in [0.25, 0.3) is 0 Å². The molecule has 1 fully saturated rings. The van der Waals surface area contributed by atoms with Gasteiger partial charge in [0.05, 0.1) is 14.2 Å². The zero-order chi connectivity index (χ0) is 13.1. The maximum atomic E-state index is 9.84. The number of ether oxygens (including phenoxy) is 3. The molecule has 5 heteroatoms. The topological polar surface area (TPSA) is 73.9 Å². The molecular weight excluding hydrogens is 234 g/mol. The first-order chi connectivity index (χ1) is 8.65. The van der Waals surface area contributed by atoms with Gasteiger partial charge in [-0.3, -0.25) is 0 Å². The van der Waals surface area contributed by atoms with Gasteiger partial charge in [0.15, 0.2) is 11.5 Å². The largest absolute Gasteiger partial charge is 0.493 e. The van der Waals surface area contributed by atoms with E-state index < -0.39 is 6.10 Å². The molecule has 0 bridgehead atoms. The van der Waals surface area contributed by atoms with E-state index in [9.17, 15) is 5.11 Å². The molecule has 18 heavy (non-hydrogen) atoms. The molecule has 0 spiro atoms. The quantitative estimate of drug-likeness (QED) is 0.835. The number of nitrogens with two attached hydrogens (primary N) is 1. The average Bonchev–Trinajstić information content (AvgIpc) is 2.70. The number of rotatable bonds is 4. The summed E-state index contributed by atoms with van der Waals surface area (Å²) < 4.78 is 16.1. The van der Waals surface area contributed by atoms with Crippen LogP contribution in [-0.2, 0) is 0 Å². The van der Waals surface area contributed by atoms with Crippen LogP contribution in [0.4, 0.5) is 0 Å². The number of aliphatic hydroxyl groups is 1. The lowest BCUT2D eigenvalue weighted by molar-refractivity contribution is 0.0519. The fraction of sp³-hybridized carbons (Fsp3) is 0.538. The van der Waals surface area contributed by atoms with Crippen molar-refractivity contribution in [2.24, 2.45) is 5.73 Å². The molecule has 3 unspecified atom stereocenters. The van der Waals surface area contributed by atoms with Gasteiger partial charge < -0.3 is 25.1 Å². The molecule has 1 saturated carbocycles. The third kappa shape index (κ3) is 2.52. The molecular formula is C13H19NO4. The molecule has 0 aromatic heterocycles. The molecule has 1 aromatic carbocycles. The normalized spacial score (nSPS) is 27.0. The number of methoxy groups -OCH3 is 2. The van der Waals surface area contributed by atoms with Gasteiger partial charge in [-0.15, -0.1) is 0 Å². The summed E-state index contributed by atoms with van der Waals surface area (Å²) in [6.45, 7) is 0. The molecule has 0 heterocycles. The van der Waals surface area contributed by atoms with Crippen molar-refractivity contribution in [3.63, 3.8) is 0 Å². The molecule has 0 aliphatic heterocycles. The lowest BCUT2D eigenvalue weighted by atomic mass is 10.2. The SMILES string of the molecule is COc1ccc(OC2CCC(N)C2O)cc1OC. The van der Waals surface area contributed by atoms with E-state index >= 15 is 0 Å². The van der Waals surface area contributed by atoms with Crippen LogP contribution in [0.1, 0.15) is 12.8 Å². The number of hydrogen-bond acceptors (Lipinski definition) is 5. The van der Waals surface area contributed by atoms with Gasteiger partial charge in [-0.2, -0.15) is 0 Å². The summed E-state index contributed by atoms with van der Waals surface area (Å²) in [5, 5.41) is 9.84. The Morgan fingerprint density at radius 3 is 2.44 bits per heavy atom. The molecule has 0 radical (unpaired) electrons. The van der Waals surface area contributed by atoms with Crippen molar-refractivity contribution < 1.29 is 19.3 Å². The average molecular weight is 253 g/mol. The first kappa shape index (κ1) is 13.0. The van der Waals surface area contributed by atoms with Crippen LogP contribution in [0.5, 0.6) is 17.2 Å². The number of hydrogen-bond donors (Lipinski definition) is 2. The van der Waals surface area contributed by atoms with Crippen LogP contribution in [-0.4, -0.2) is 37.6 Å². The second-order valence-corrected chi connectivity index (χ2v) is 4.40. The molecule has 1 aliphatic carbocycles. The summed E-state index contributed by atoms with van der Waals surface area (Å²) in [6, 6.07) is 5.11. The zero-order valence-corrected chi connectivity index (χ0v) is 10.6. The molecule has 5 nitrogen and oxygen atoms in total. The van der Waals surface area contributed by atoms with E-state index in [0.29, 0.717) is 17.2 Å². The van der Waals surface area contributed by atoms with Crippen molar-refractivity contribution in [1.29, 1.82) is 0 Å². The standard InChI is InChI=1S/C13H19NO4/c1-16-10-5-3-8(7-12(10)17-2)18-11-6-4-9(14)13(11)15/h3,5,7,9,11,13,15H,4,6,14H2,1-2H3. The molecule has 0 saturated heterocycles. The summed E-state index contributed by atoms with van der Waals surface area (Å²) in [5.41, 5.74) is 5.75. The minimum atomic E-state index is -0.613. The van der Waals surface area contributed by atoms with Crippen molar-refractivity contribution in [2.75, 3.05) is 14.2 Å². The van der Waals surface area contributed by atoms with Crippen molar-refractivity contribution in [3.8, 4) is 17.2 Å².